The first kappa shape index (κ1) is 17.7. The third kappa shape index (κ3) is 4.72. The minimum atomic E-state index is -0.131. The van der Waals surface area contributed by atoms with Gasteiger partial charge in [-0.1, -0.05) is 49.2 Å². The Labute approximate surface area is 151 Å². The largest absolute Gasteiger partial charge is 0.353 e. The zero-order valence-corrected chi connectivity index (χ0v) is 15.2. The minimum Gasteiger partial charge on any atom is -0.353 e. The third-order valence-electron chi connectivity index (χ3n) is 4.33. The van der Waals surface area contributed by atoms with E-state index in [-0.39, 0.29) is 17.2 Å². The minimum absolute atomic E-state index is 0.00673. The second kappa shape index (κ2) is 8.34. The zero-order chi connectivity index (χ0) is 17.6. The number of thioether (sulfide) groups is 1. The van der Waals surface area contributed by atoms with Gasteiger partial charge in [0.2, 0.25) is 5.91 Å². The van der Waals surface area contributed by atoms with Crippen LogP contribution in [0.3, 0.4) is 0 Å². The van der Waals surface area contributed by atoms with E-state index in [2.05, 4.69) is 10.3 Å². The molecule has 5 nitrogen and oxygen atoms in total. The molecule has 1 amide bonds. The Kier molecular flexibility index (Phi) is 5.91. The molecule has 1 aromatic carbocycles. The van der Waals surface area contributed by atoms with Crippen molar-refractivity contribution >= 4 is 17.7 Å². The molecule has 6 heteroatoms. The van der Waals surface area contributed by atoms with Crippen LogP contribution in [0, 0.1) is 6.92 Å². The number of rotatable bonds is 5. The van der Waals surface area contributed by atoms with E-state index in [9.17, 15) is 9.59 Å². The fraction of sp³-hybridized carbons (Fsp3) is 0.421. The number of benzene rings is 1. The summed E-state index contributed by atoms with van der Waals surface area (Å²) in [5.41, 5.74) is 1.29. The SMILES string of the molecule is Cc1cc(=O)n(-c2ccccc2)c(SCC(=O)NC2CCCCC2)n1. The van der Waals surface area contributed by atoms with Gasteiger partial charge in [0.05, 0.1) is 11.4 Å². The van der Waals surface area contributed by atoms with E-state index < -0.39 is 0 Å². The maximum absolute atomic E-state index is 12.4. The van der Waals surface area contributed by atoms with Crippen molar-refractivity contribution in [3.63, 3.8) is 0 Å². The molecule has 0 aliphatic heterocycles. The lowest BCUT2D eigenvalue weighted by Gasteiger charge is -2.22. The third-order valence-corrected chi connectivity index (χ3v) is 5.27. The molecule has 1 N–H and O–H groups in total. The van der Waals surface area contributed by atoms with Gasteiger partial charge < -0.3 is 5.32 Å². The molecule has 132 valence electrons. The van der Waals surface area contributed by atoms with Crippen molar-refractivity contribution in [2.45, 2.75) is 50.2 Å². The molecular weight excluding hydrogens is 334 g/mol. The van der Waals surface area contributed by atoms with E-state index in [1.807, 2.05) is 30.3 Å². The van der Waals surface area contributed by atoms with E-state index in [0.29, 0.717) is 16.9 Å². The molecule has 0 saturated heterocycles. The normalized spacial score (nSPS) is 15.1. The highest BCUT2D eigenvalue weighted by Crippen LogP contribution is 2.20. The molecule has 1 aliphatic rings. The van der Waals surface area contributed by atoms with Crippen LogP contribution in [0.4, 0.5) is 0 Å². The van der Waals surface area contributed by atoms with Crippen LogP contribution < -0.4 is 10.9 Å². The number of nitrogens with zero attached hydrogens (tertiary/aromatic N) is 2. The van der Waals surface area contributed by atoms with E-state index in [1.54, 1.807) is 11.5 Å². The van der Waals surface area contributed by atoms with E-state index in [0.717, 1.165) is 18.5 Å². The summed E-state index contributed by atoms with van der Waals surface area (Å²) in [7, 11) is 0. The first-order valence-corrected chi connectivity index (χ1v) is 9.70. The first-order valence-electron chi connectivity index (χ1n) is 8.72. The molecule has 25 heavy (non-hydrogen) atoms. The zero-order valence-electron chi connectivity index (χ0n) is 14.4. The monoisotopic (exact) mass is 357 g/mol. The maximum atomic E-state index is 12.4. The molecule has 0 radical (unpaired) electrons. The van der Waals surface area contributed by atoms with Gasteiger partial charge in [-0.3, -0.25) is 14.2 Å². The quantitative estimate of drug-likeness (QED) is 0.660. The highest BCUT2D eigenvalue weighted by atomic mass is 32.2. The molecule has 0 bridgehead atoms. The lowest BCUT2D eigenvalue weighted by molar-refractivity contribution is -0.119. The van der Waals surface area contributed by atoms with Gasteiger partial charge in [0, 0.05) is 17.8 Å². The second-order valence-electron chi connectivity index (χ2n) is 6.38. The Morgan fingerprint density at radius 2 is 1.96 bits per heavy atom. The smallest absolute Gasteiger partial charge is 0.258 e. The number of carbonyl (C=O) groups is 1. The molecule has 0 unspecified atom stereocenters. The lowest BCUT2D eigenvalue weighted by Crippen LogP contribution is -2.37. The Bertz CT molecular complexity index is 783. The van der Waals surface area contributed by atoms with E-state index >= 15 is 0 Å². The van der Waals surface area contributed by atoms with Gasteiger partial charge >= 0.3 is 0 Å². The molecule has 0 atom stereocenters. The van der Waals surface area contributed by atoms with Crippen molar-refractivity contribution < 1.29 is 4.79 Å². The number of hydrogen-bond acceptors (Lipinski definition) is 4. The average molecular weight is 357 g/mol. The van der Waals surface area contributed by atoms with Crippen molar-refractivity contribution in [1.29, 1.82) is 0 Å². The van der Waals surface area contributed by atoms with Crippen LogP contribution in [0.5, 0.6) is 0 Å². The maximum Gasteiger partial charge on any atom is 0.258 e. The number of amides is 1. The number of hydrogen-bond donors (Lipinski definition) is 1. The van der Waals surface area contributed by atoms with Crippen molar-refractivity contribution in [2.24, 2.45) is 0 Å². The second-order valence-corrected chi connectivity index (χ2v) is 7.32. The molecule has 2 aromatic rings. The Hall–Kier alpha value is -2.08. The summed E-state index contributed by atoms with van der Waals surface area (Å²) in [6.07, 6.45) is 5.76. The molecule has 1 saturated carbocycles. The van der Waals surface area contributed by atoms with Crippen molar-refractivity contribution in [2.75, 3.05) is 5.75 Å². The van der Waals surface area contributed by atoms with Crippen LogP contribution in [0.15, 0.2) is 46.3 Å². The summed E-state index contributed by atoms with van der Waals surface area (Å²) in [4.78, 5) is 29.2. The van der Waals surface area contributed by atoms with Gasteiger partial charge in [-0.2, -0.15) is 0 Å². The summed E-state index contributed by atoms with van der Waals surface area (Å²) in [5.74, 6) is 0.270. The Morgan fingerprint density at radius 3 is 2.68 bits per heavy atom. The topological polar surface area (TPSA) is 64.0 Å². The highest BCUT2D eigenvalue weighted by molar-refractivity contribution is 7.99. The molecule has 1 fully saturated rings. The van der Waals surface area contributed by atoms with Crippen LogP contribution >= 0.6 is 11.8 Å². The standard InChI is InChI=1S/C19H23N3O2S/c1-14-12-18(24)22(16-10-6-3-7-11-16)19(20-14)25-13-17(23)21-15-8-4-2-5-9-15/h3,6-7,10-12,15H,2,4-5,8-9,13H2,1H3,(H,21,23). The van der Waals surface area contributed by atoms with Gasteiger partial charge in [-0.25, -0.2) is 4.98 Å². The average Bonchev–Trinajstić information content (AvgIpc) is 2.61. The molecule has 1 aliphatic carbocycles. The molecule has 1 heterocycles. The van der Waals surface area contributed by atoms with Crippen molar-refractivity contribution in [3.8, 4) is 5.69 Å². The number of para-hydroxylation sites is 1. The number of nitrogens with one attached hydrogen (secondary N) is 1. The number of aryl methyl sites for hydroxylation is 1. The Morgan fingerprint density at radius 1 is 1.24 bits per heavy atom. The first-order chi connectivity index (χ1) is 12.1. The molecule has 1 aromatic heterocycles. The summed E-state index contributed by atoms with van der Waals surface area (Å²) in [5, 5.41) is 3.65. The predicted molar refractivity (Wildman–Crippen MR) is 100 cm³/mol. The van der Waals surface area contributed by atoms with Crippen LogP contribution in [0.1, 0.15) is 37.8 Å². The van der Waals surface area contributed by atoms with Gasteiger partial charge in [0.1, 0.15) is 0 Å². The van der Waals surface area contributed by atoms with Crippen molar-refractivity contribution in [1.82, 2.24) is 14.9 Å². The highest BCUT2D eigenvalue weighted by Gasteiger charge is 2.17. The predicted octanol–water partition coefficient (Wildman–Crippen LogP) is 3.08. The summed E-state index contributed by atoms with van der Waals surface area (Å²) in [6, 6.07) is 11.2. The van der Waals surface area contributed by atoms with E-state index in [1.165, 1.54) is 37.1 Å². The fourth-order valence-electron chi connectivity index (χ4n) is 3.13. The summed E-state index contributed by atoms with van der Waals surface area (Å²) < 4.78 is 1.56. The van der Waals surface area contributed by atoms with Gasteiger partial charge in [0.25, 0.3) is 5.56 Å². The van der Waals surface area contributed by atoms with Crippen LogP contribution in [-0.2, 0) is 4.79 Å². The summed E-state index contributed by atoms with van der Waals surface area (Å²) in [6.45, 7) is 1.79. The van der Waals surface area contributed by atoms with E-state index in [4.69, 9.17) is 0 Å². The Balaban J connectivity index is 1.73. The number of carbonyl (C=O) groups excluding carboxylic acids is 1. The van der Waals surface area contributed by atoms with Gasteiger partial charge in [-0.05, 0) is 31.9 Å². The molecule has 3 rings (SSSR count). The number of aromatic nitrogens is 2. The van der Waals surface area contributed by atoms with Crippen LogP contribution in [0.25, 0.3) is 5.69 Å². The lowest BCUT2D eigenvalue weighted by atomic mass is 9.95. The van der Waals surface area contributed by atoms with Crippen LogP contribution in [0.2, 0.25) is 0 Å². The van der Waals surface area contributed by atoms with Gasteiger partial charge in [0.15, 0.2) is 5.16 Å². The molecular formula is C19H23N3O2S. The fourth-order valence-corrected chi connectivity index (χ4v) is 4.01. The van der Waals surface area contributed by atoms with Gasteiger partial charge in [-0.15, -0.1) is 0 Å². The van der Waals surface area contributed by atoms with Crippen molar-refractivity contribution in [3.05, 3.63) is 52.4 Å². The molecule has 0 spiro atoms. The summed E-state index contributed by atoms with van der Waals surface area (Å²) >= 11 is 1.31. The van der Waals surface area contributed by atoms with Crippen LogP contribution in [-0.4, -0.2) is 27.3 Å².